The van der Waals surface area contributed by atoms with E-state index in [2.05, 4.69) is 12.2 Å². The van der Waals surface area contributed by atoms with Gasteiger partial charge in [0, 0.05) is 18.7 Å². The van der Waals surface area contributed by atoms with Gasteiger partial charge in [-0.15, -0.1) is 0 Å². The highest BCUT2D eigenvalue weighted by Gasteiger charge is 2.48. The molecule has 0 aromatic rings. The van der Waals surface area contributed by atoms with Crippen molar-refractivity contribution in [2.45, 2.75) is 44.7 Å². The molecule has 3 fully saturated rings. The predicted octanol–water partition coefficient (Wildman–Crippen LogP) is 1.80. The molecule has 2 saturated carbocycles. The fraction of sp³-hybridized carbons (Fsp3) is 1.00. The Labute approximate surface area is 86.4 Å². The van der Waals surface area contributed by atoms with Crippen molar-refractivity contribution in [1.29, 1.82) is 0 Å². The molecular weight excluding hydrogens is 174 g/mol. The van der Waals surface area contributed by atoms with Gasteiger partial charge in [-0.05, 0) is 43.4 Å². The predicted molar refractivity (Wildman–Crippen MR) is 56.1 cm³/mol. The molecule has 2 nitrogen and oxygen atoms in total. The van der Waals surface area contributed by atoms with Crippen LogP contribution < -0.4 is 5.32 Å². The molecule has 0 bridgehead atoms. The van der Waals surface area contributed by atoms with Gasteiger partial charge in [0.15, 0.2) is 0 Å². The maximum atomic E-state index is 5.47. The van der Waals surface area contributed by atoms with E-state index >= 15 is 0 Å². The largest absolute Gasteiger partial charge is 0.381 e. The van der Waals surface area contributed by atoms with Gasteiger partial charge in [0.25, 0.3) is 0 Å². The highest BCUT2D eigenvalue weighted by atomic mass is 16.5. The summed E-state index contributed by atoms with van der Waals surface area (Å²) in [5.41, 5.74) is 0. The molecule has 0 spiro atoms. The summed E-state index contributed by atoms with van der Waals surface area (Å²) >= 11 is 0. The van der Waals surface area contributed by atoms with Crippen molar-refractivity contribution in [3.63, 3.8) is 0 Å². The second kappa shape index (κ2) is 3.49. The molecule has 5 atom stereocenters. The molecule has 14 heavy (non-hydrogen) atoms. The Bertz CT molecular complexity index is 218. The highest BCUT2D eigenvalue weighted by Crippen LogP contribution is 2.52. The Hall–Kier alpha value is -0.0800. The third-order valence-corrected chi connectivity index (χ3v) is 4.41. The summed E-state index contributed by atoms with van der Waals surface area (Å²) in [4.78, 5) is 0. The minimum atomic E-state index is 0.710. The molecule has 3 aliphatic rings. The van der Waals surface area contributed by atoms with Gasteiger partial charge < -0.3 is 10.1 Å². The standard InChI is InChI=1S/C12H21NO/c1-8-7-14-5-4-11(8)13-12-3-2-9-6-10(9)12/h8-13H,2-7H2,1H3. The van der Waals surface area contributed by atoms with E-state index in [1.54, 1.807) is 0 Å². The van der Waals surface area contributed by atoms with Gasteiger partial charge in [0.05, 0.1) is 6.61 Å². The first-order valence-electron chi connectivity index (χ1n) is 6.18. The molecule has 80 valence electrons. The van der Waals surface area contributed by atoms with Gasteiger partial charge in [-0.2, -0.15) is 0 Å². The third-order valence-electron chi connectivity index (χ3n) is 4.41. The Morgan fingerprint density at radius 2 is 2.07 bits per heavy atom. The number of nitrogens with one attached hydrogen (secondary N) is 1. The zero-order chi connectivity index (χ0) is 9.54. The molecule has 2 heteroatoms. The van der Waals surface area contributed by atoms with Crippen molar-refractivity contribution in [3.05, 3.63) is 0 Å². The third kappa shape index (κ3) is 1.59. The fourth-order valence-corrected chi connectivity index (χ4v) is 3.31. The Balaban J connectivity index is 1.55. The summed E-state index contributed by atoms with van der Waals surface area (Å²) in [5, 5.41) is 3.88. The van der Waals surface area contributed by atoms with Crippen LogP contribution in [0.2, 0.25) is 0 Å². The van der Waals surface area contributed by atoms with E-state index in [-0.39, 0.29) is 0 Å². The maximum Gasteiger partial charge on any atom is 0.0506 e. The fourth-order valence-electron chi connectivity index (χ4n) is 3.31. The lowest BCUT2D eigenvalue weighted by Gasteiger charge is -2.32. The average Bonchev–Trinajstić information content (AvgIpc) is 2.87. The second-order valence-corrected chi connectivity index (χ2v) is 5.46. The minimum Gasteiger partial charge on any atom is -0.381 e. The van der Waals surface area contributed by atoms with Gasteiger partial charge in [-0.3, -0.25) is 0 Å². The van der Waals surface area contributed by atoms with Crippen LogP contribution in [0, 0.1) is 17.8 Å². The zero-order valence-electron chi connectivity index (χ0n) is 9.04. The molecule has 1 aliphatic heterocycles. The van der Waals surface area contributed by atoms with E-state index in [1.165, 1.54) is 25.7 Å². The molecule has 2 aliphatic carbocycles. The molecular formula is C12H21NO. The Kier molecular flexibility index (Phi) is 2.29. The highest BCUT2D eigenvalue weighted by molar-refractivity contribution is 5.02. The van der Waals surface area contributed by atoms with Crippen LogP contribution in [0.15, 0.2) is 0 Å². The quantitative estimate of drug-likeness (QED) is 0.725. The summed E-state index contributed by atoms with van der Waals surface area (Å²) < 4.78 is 5.47. The van der Waals surface area contributed by atoms with Crippen molar-refractivity contribution in [1.82, 2.24) is 5.32 Å². The number of ether oxygens (including phenoxy) is 1. The van der Waals surface area contributed by atoms with Gasteiger partial charge >= 0.3 is 0 Å². The molecule has 0 aromatic carbocycles. The van der Waals surface area contributed by atoms with Crippen molar-refractivity contribution in [2.24, 2.45) is 17.8 Å². The van der Waals surface area contributed by atoms with Crippen LogP contribution >= 0.6 is 0 Å². The number of rotatable bonds is 2. The van der Waals surface area contributed by atoms with Crippen LogP contribution in [0.25, 0.3) is 0 Å². The molecule has 5 unspecified atom stereocenters. The van der Waals surface area contributed by atoms with Crippen molar-refractivity contribution < 1.29 is 4.74 Å². The maximum absolute atomic E-state index is 5.47. The van der Waals surface area contributed by atoms with E-state index in [1.807, 2.05) is 0 Å². The van der Waals surface area contributed by atoms with Gasteiger partial charge in [-0.1, -0.05) is 6.92 Å². The lowest BCUT2D eigenvalue weighted by atomic mass is 9.96. The molecule has 0 radical (unpaired) electrons. The molecule has 1 saturated heterocycles. The van der Waals surface area contributed by atoms with E-state index in [0.717, 1.165) is 37.1 Å². The summed E-state index contributed by atoms with van der Waals surface area (Å²) in [7, 11) is 0. The zero-order valence-corrected chi connectivity index (χ0v) is 9.04. The van der Waals surface area contributed by atoms with Gasteiger partial charge in [-0.25, -0.2) is 0 Å². The SMILES string of the molecule is CC1COCCC1NC1CCC2CC21. The Morgan fingerprint density at radius 1 is 1.14 bits per heavy atom. The molecule has 3 rings (SSSR count). The van der Waals surface area contributed by atoms with Crippen LogP contribution in [-0.4, -0.2) is 25.3 Å². The molecule has 1 N–H and O–H groups in total. The first kappa shape index (κ1) is 9.17. The van der Waals surface area contributed by atoms with E-state index in [9.17, 15) is 0 Å². The van der Waals surface area contributed by atoms with E-state index in [4.69, 9.17) is 4.74 Å². The summed E-state index contributed by atoms with van der Waals surface area (Å²) in [6.07, 6.45) is 5.64. The smallest absolute Gasteiger partial charge is 0.0506 e. The van der Waals surface area contributed by atoms with E-state index < -0.39 is 0 Å². The number of hydrogen-bond acceptors (Lipinski definition) is 2. The molecule has 1 heterocycles. The van der Waals surface area contributed by atoms with Gasteiger partial charge in [0.2, 0.25) is 0 Å². The molecule has 0 amide bonds. The lowest BCUT2D eigenvalue weighted by molar-refractivity contribution is 0.0352. The van der Waals surface area contributed by atoms with Crippen LogP contribution in [0.5, 0.6) is 0 Å². The minimum absolute atomic E-state index is 0.710. The van der Waals surface area contributed by atoms with Gasteiger partial charge in [0.1, 0.15) is 0 Å². The topological polar surface area (TPSA) is 21.3 Å². The Morgan fingerprint density at radius 3 is 2.71 bits per heavy atom. The first-order chi connectivity index (χ1) is 6.84. The van der Waals surface area contributed by atoms with E-state index in [0.29, 0.717) is 5.92 Å². The summed E-state index contributed by atoms with van der Waals surface area (Å²) in [6.45, 7) is 4.23. The summed E-state index contributed by atoms with van der Waals surface area (Å²) in [5.74, 6) is 2.86. The summed E-state index contributed by atoms with van der Waals surface area (Å²) in [6, 6.07) is 1.58. The van der Waals surface area contributed by atoms with Crippen LogP contribution in [0.3, 0.4) is 0 Å². The monoisotopic (exact) mass is 195 g/mol. The van der Waals surface area contributed by atoms with Crippen molar-refractivity contribution in [2.75, 3.05) is 13.2 Å². The molecule has 0 aromatic heterocycles. The van der Waals surface area contributed by atoms with Crippen LogP contribution in [-0.2, 0) is 4.74 Å². The number of fused-ring (bicyclic) bond motifs is 1. The van der Waals surface area contributed by atoms with Crippen LogP contribution in [0.4, 0.5) is 0 Å². The van der Waals surface area contributed by atoms with Crippen LogP contribution in [0.1, 0.15) is 32.6 Å². The normalized spacial score (nSPS) is 51.6. The second-order valence-electron chi connectivity index (χ2n) is 5.46. The van der Waals surface area contributed by atoms with Crippen molar-refractivity contribution >= 4 is 0 Å². The average molecular weight is 195 g/mol. The van der Waals surface area contributed by atoms with Crippen molar-refractivity contribution in [3.8, 4) is 0 Å². The lowest BCUT2D eigenvalue weighted by Crippen LogP contribution is -2.46. The number of hydrogen-bond donors (Lipinski definition) is 1. The first-order valence-corrected chi connectivity index (χ1v) is 6.18.